The lowest BCUT2D eigenvalue weighted by atomic mass is 9.94. The molecule has 0 heterocycles. The molecule has 5 heteroatoms. The van der Waals surface area contributed by atoms with Crippen molar-refractivity contribution in [3.63, 3.8) is 0 Å². The third-order valence-electron chi connectivity index (χ3n) is 4.66. The first kappa shape index (κ1) is 15.0. The van der Waals surface area contributed by atoms with Gasteiger partial charge in [0.15, 0.2) is 0 Å². The topological polar surface area (TPSA) is 58.2 Å². The van der Waals surface area contributed by atoms with Gasteiger partial charge in [-0.05, 0) is 49.9 Å². The minimum Gasteiger partial charge on any atom is -0.352 e. The number of hydrogen-bond acceptors (Lipinski definition) is 2. The lowest BCUT2D eigenvalue weighted by Gasteiger charge is -2.25. The molecule has 2 N–H and O–H groups in total. The Balaban J connectivity index is 1.60. The molecular formula is C17H21FN2O2. The number of amides is 2. The van der Waals surface area contributed by atoms with Crippen molar-refractivity contribution in [3.8, 4) is 0 Å². The Morgan fingerprint density at radius 2 is 1.64 bits per heavy atom. The zero-order valence-corrected chi connectivity index (χ0v) is 12.5. The molecule has 2 amide bonds. The molecule has 2 fully saturated rings. The van der Waals surface area contributed by atoms with Gasteiger partial charge in [-0.3, -0.25) is 9.59 Å². The summed E-state index contributed by atoms with van der Waals surface area (Å²) in [6.45, 7) is 0. The summed E-state index contributed by atoms with van der Waals surface area (Å²) in [6.07, 6.45) is 6.67. The zero-order valence-electron chi connectivity index (χ0n) is 12.5. The monoisotopic (exact) mass is 304 g/mol. The summed E-state index contributed by atoms with van der Waals surface area (Å²) >= 11 is 0. The van der Waals surface area contributed by atoms with E-state index in [-0.39, 0.29) is 23.7 Å². The molecule has 0 bridgehead atoms. The van der Waals surface area contributed by atoms with E-state index in [1.807, 2.05) is 0 Å². The summed E-state index contributed by atoms with van der Waals surface area (Å²) in [5.41, 5.74) is -0.408. The summed E-state index contributed by atoms with van der Waals surface area (Å²) in [6, 6.07) is 5.79. The molecule has 22 heavy (non-hydrogen) atoms. The van der Waals surface area contributed by atoms with Crippen molar-refractivity contribution in [3.05, 3.63) is 30.1 Å². The second-order valence-corrected chi connectivity index (χ2v) is 6.35. The van der Waals surface area contributed by atoms with Crippen LogP contribution in [0.15, 0.2) is 24.3 Å². The van der Waals surface area contributed by atoms with Gasteiger partial charge in [0.1, 0.15) is 11.2 Å². The normalized spacial score (nSPS) is 20.2. The number of nitrogens with one attached hydrogen (secondary N) is 2. The quantitative estimate of drug-likeness (QED) is 0.840. The van der Waals surface area contributed by atoms with E-state index >= 15 is 0 Å². The molecule has 1 aromatic rings. The highest BCUT2D eigenvalue weighted by Crippen LogP contribution is 2.47. The molecule has 2 aliphatic carbocycles. The minimum absolute atomic E-state index is 0.154. The molecule has 0 radical (unpaired) electrons. The fourth-order valence-corrected chi connectivity index (χ4v) is 3.04. The van der Waals surface area contributed by atoms with E-state index in [1.54, 1.807) is 0 Å². The molecule has 0 unspecified atom stereocenters. The van der Waals surface area contributed by atoms with Crippen LogP contribution in [0.2, 0.25) is 0 Å². The Kier molecular flexibility index (Phi) is 4.14. The molecule has 2 saturated carbocycles. The predicted molar refractivity (Wildman–Crippen MR) is 81.7 cm³/mol. The third-order valence-corrected chi connectivity index (χ3v) is 4.66. The van der Waals surface area contributed by atoms with Crippen molar-refractivity contribution < 1.29 is 14.0 Å². The predicted octanol–water partition coefficient (Wildman–Crippen LogP) is 2.99. The van der Waals surface area contributed by atoms with Gasteiger partial charge in [-0.25, -0.2) is 4.39 Å². The first-order chi connectivity index (χ1) is 10.6. The molecule has 0 atom stereocenters. The number of benzene rings is 1. The van der Waals surface area contributed by atoms with Crippen molar-refractivity contribution in [2.24, 2.45) is 5.41 Å². The zero-order chi connectivity index (χ0) is 15.6. The fraction of sp³-hybridized carbons (Fsp3) is 0.529. The third kappa shape index (κ3) is 3.13. The maximum Gasteiger partial charge on any atom is 0.240 e. The first-order valence-corrected chi connectivity index (χ1v) is 7.98. The summed E-state index contributed by atoms with van der Waals surface area (Å²) in [5, 5.41) is 5.76. The largest absolute Gasteiger partial charge is 0.352 e. The summed E-state index contributed by atoms with van der Waals surface area (Å²) < 4.78 is 12.9. The first-order valence-electron chi connectivity index (χ1n) is 7.98. The highest BCUT2D eigenvalue weighted by molar-refractivity contribution is 6.13. The number of hydrogen-bond donors (Lipinski definition) is 2. The number of rotatable bonds is 4. The second kappa shape index (κ2) is 6.07. The molecule has 0 aliphatic heterocycles. The molecule has 118 valence electrons. The van der Waals surface area contributed by atoms with Gasteiger partial charge in [-0.1, -0.05) is 19.3 Å². The van der Waals surface area contributed by atoms with Crippen LogP contribution in [0.25, 0.3) is 0 Å². The van der Waals surface area contributed by atoms with E-state index in [0.29, 0.717) is 18.5 Å². The van der Waals surface area contributed by atoms with Crippen LogP contribution in [0.3, 0.4) is 0 Å². The Morgan fingerprint density at radius 3 is 2.23 bits per heavy atom. The minimum atomic E-state index is -0.925. The van der Waals surface area contributed by atoms with Crippen molar-refractivity contribution in [2.45, 2.75) is 51.0 Å². The number of halogens is 1. The van der Waals surface area contributed by atoms with E-state index in [4.69, 9.17) is 0 Å². The summed E-state index contributed by atoms with van der Waals surface area (Å²) in [5.74, 6) is -0.791. The van der Waals surface area contributed by atoms with Gasteiger partial charge in [-0.15, -0.1) is 0 Å². The number of anilines is 1. The van der Waals surface area contributed by atoms with Crippen LogP contribution in [-0.2, 0) is 9.59 Å². The van der Waals surface area contributed by atoms with Gasteiger partial charge in [0.2, 0.25) is 11.8 Å². The van der Waals surface area contributed by atoms with E-state index in [2.05, 4.69) is 10.6 Å². The van der Waals surface area contributed by atoms with Gasteiger partial charge in [0.05, 0.1) is 0 Å². The fourth-order valence-electron chi connectivity index (χ4n) is 3.04. The van der Waals surface area contributed by atoms with E-state index in [0.717, 1.165) is 25.7 Å². The standard InChI is InChI=1S/C17H21FN2O2/c18-12-6-8-14(9-7-12)20-16(22)17(10-11-17)15(21)19-13-4-2-1-3-5-13/h6-9,13H,1-5,10-11H2,(H,19,21)(H,20,22). The van der Waals surface area contributed by atoms with E-state index < -0.39 is 5.41 Å². The number of carbonyl (C=O) groups is 2. The van der Waals surface area contributed by atoms with Crippen molar-refractivity contribution in [1.29, 1.82) is 0 Å². The molecule has 0 spiro atoms. The van der Waals surface area contributed by atoms with E-state index in [1.165, 1.54) is 30.7 Å². The lowest BCUT2D eigenvalue weighted by Crippen LogP contribution is -2.45. The molecule has 0 aromatic heterocycles. The highest BCUT2D eigenvalue weighted by atomic mass is 19.1. The number of carbonyl (C=O) groups excluding carboxylic acids is 2. The van der Waals surface area contributed by atoms with Crippen LogP contribution in [0, 0.1) is 11.2 Å². The maximum atomic E-state index is 12.9. The Labute approximate surface area is 129 Å². The van der Waals surface area contributed by atoms with E-state index in [9.17, 15) is 14.0 Å². The SMILES string of the molecule is O=C(Nc1ccc(F)cc1)C1(C(=O)NC2CCCCC2)CC1. The molecule has 0 saturated heterocycles. The second-order valence-electron chi connectivity index (χ2n) is 6.35. The average Bonchev–Trinajstić information content (AvgIpc) is 3.32. The van der Waals surface area contributed by atoms with Gasteiger partial charge >= 0.3 is 0 Å². The summed E-state index contributed by atoms with van der Waals surface area (Å²) in [4.78, 5) is 24.8. The molecule has 3 rings (SSSR count). The van der Waals surface area contributed by atoms with Crippen LogP contribution in [-0.4, -0.2) is 17.9 Å². The van der Waals surface area contributed by atoms with Crippen LogP contribution < -0.4 is 10.6 Å². The van der Waals surface area contributed by atoms with Gasteiger partial charge < -0.3 is 10.6 Å². The van der Waals surface area contributed by atoms with Gasteiger partial charge in [-0.2, -0.15) is 0 Å². The van der Waals surface area contributed by atoms with Crippen molar-refractivity contribution >= 4 is 17.5 Å². The Bertz CT molecular complexity index is 561. The van der Waals surface area contributed by atoms with Crippen molar-refractivity contribution in [1.82, 2.24) is 5.32 Å². The van der Waals surface area contributed by atoms with Gasteiger partial charge in [0.25, 0.3) is 0 Å². The molecular weight excluding hydrogens is 283 g/mol. The lowest BCUT2D eigenvalue weighted by molar-refractivity contribution is -0.135. The Hall–Kier alpha value is -1.91. The molecule has 1 aromatic carbocycles. The van der Waals surface area contributed by atoms with Crippen LogP contribution in [0.5, 0.6) is 0 Å². The highest BCUT2D eigenvalue weighted by Gasteiger charge is 2.56. The van der Waals surface area contributed by atoms with Crippen LogP contribution >= 0.6 is 0 Å². The maximum absolute atomic E-state index is 12.9. The van der Waals surface area contributed by atoms with Crippen LogP contribution in [0.4, 0.5) is 10.1 Å². The Morgan fingerprint density at radius 1 is 1.00 bits per heavy atom. The molecule has 4 nitrogen and oxygen atoms in total. The van der Waals surface area contributed by atoms with Gasteiger partial charge in [0, 0.05) is 11.7 Å². The molecule has 2 aliphatic rings. The smallest absolute Gasteiger partial charge is 0.240 e. The average molecular weight is 304 g/mol. The summed E-state index contributed by atoms with van der Waals surface area (Å²) in [7, 11) is 0. The van der Waals surface area contributed by atoms with Crippen LogP contribution in [0.1, 0.15) is 44.9 Å². The van der Waals surface area contributed by atoms with Crippen molar-refractivity contribution in [2.75, 3.05) is 5.32 Å².